The summed E-state index contributed by atoms with van der Waals surface area (Å²) in [5.41, 5.74) is 5.13. The molecule has 0 spiro atoms. The number of halogens is 1. The van der Waals surface area contributed by atoms with Gasteiger partial charge in [-0.25, -0.2) is 4.98 Å². The van der Waals surface area contributed by atoms with Gasteiger partial charge in [0.05, 0.1) is 15.2 Å². The van der Waals surface area contributed by atoms with Crippen molar-refractivity contribution in [2.75, 3.05) is 5.32 Å². The minimum Gasteiger partial charge on any atom is -0.332 e. The zero-order valence-corrected chi connectivity index (χ0v) is 20.2. The maximum atomic E-state index is 12.6. The normalized spacial score (nSPS) is 10.7. The summed E-state index contributed by atoms with van der Waals surface area (Å²) in [5.74, 6) is -0.283. The lowest BCUT2D eigenvalue weighted by Gasteiger charge is -2.11. The van der Waals surface area contributed by atoms with E-state index in [1.807, 2.05) is 78.9 Å². The Morgan fingerprint density at radius 2 is 1.56 bits per heavy atom. The summed E-state index contributed by atoms with van der Waals surface area (Å²) in [7, 11) is 0. The summed E-state index contributed by atoms with van der Waals surface area (Å²) in [5, 5.41) is 7.34. The summed E-state index contributed by atoms with van der Waals surface area (Å²) in [6.07, 6.45) is 0. The number of thiazole rings is 1. The number of nitrogens with zero attached hydrogens (tertiary/aromatic N) is 1. The van der Waals surface area contributed by atoms with Crippen LogP contribution in [0.3, 0.4) is 0 Å². The van der Waals surface area contributed by atoms with E-state index in [0.717, 1.165) is 31.9 Å². The number of carbonyl (C=O) groups is 1. The molecular weight excluding hydrogens is 482 g/mol. The molecule has 4 nitrogen and oxygen atoms in total. The second kappa shape index (κ2) is 9.73. The molecule has 0 bridgehead atoms. The second-order valence-electron chi connectivity index (χ2n) is 7.53. The average molecular weight is 500 g/mol. The maximum Gasteiger partial charge on any atom is 0.257 e. The van der Waals surface area contributed by atoms with Crippen LogP contribution in [0.2, 0.25) is 5.02 Å². The van der Waals surface area contributed by atoms with Gasteiger partial charge in [0.2, 0.25) is 0 Å². The molecule has 2 N–H and O–H groups in total. The highest BCUT2D eigenvalue weighted by atomic mass is 35.5. The topological polar surface area (TPSA) is 54.0 Å². The second-order valence-corrected chi connectivity index (χ2v) is 9.38. The zero-order chi connectivity index (χ0) is 23.5. The Labute approximate surface area is 211 Å². The van der Waals surface area contributed by atoms with Crippen LogP contribution in [0.4, 0.5) is 5.69 Å². The Morgan fingerprint density at radius 3 is 2.29 bits per heavy atom. The van der Waals surface area contributed by atoms with Crippen molar-refractivity contribution in [3.8, 4) is 21.7 Å². The van der Waals surface area contributed by atoms with E-state index in [-0.39, 0.29) is 11.0 Å². The van der Waals surface area contributed by atoms with Crippen molar-refractivity contribution in [1.29, 1.82) is 0 Å². The lowest BCUT2D eigenvalue weighted by Crippen LogP contribution is -2.34. The van der Waals surface area contributed by atoms with Crippen molar-refractivity contribution in [1.82, 2.24) is 10.3 Å². The predicted octanol–water partition coefficient (Wildman–Crippen LogP) is 7.41. The first-order chi connectivity index (χ1) is 16.6. The molecule has 0 atom stereocenters. The number of thiocarbonyl (C=S) groups is 1. The van der Waals surface area contributed by atoms with Gasteiger partial charge >= 0.3 is 0 Å². The van der Waals surface area contributed by atoms with Crippen LogP contribution in [0.5, 0.6) is 0 Å². The fourth-order valence-electron chi connectivity index (χ4n) is 3.54. The number of hydrogen-bond acceptors (Lipinski definition) is 4. The van der Waals surface area contributed by atoms with E-state index in [9.17, 15) is 4.79 Å². The van der Waals surface area contributed by atoms with Gasteiger partial charge in [0.15, 0.2) is 5.11 Å². The lowest BCUT2D eigenvalue weighted by atomic mass is 10.0. The number of carbonyl (C=O) groups excluding carboxylic acids is 1. The summed E-state index contributed by atoms with van der Waals surface area (Å²) in [6, 6.07) is 30.9. The van der Waals surface area contributed by atoms with Crippen LogP contribution in [0.25, 0.3) is 31.9 Å². The molecule has 1 aromatic heterocycles. The lowest BCUT2D eigenvalue weighted by molar-refractivity contribution is 0.0978. The van der Waals surface area contributed by atoms with Gasteiger partial charge < -0.3 is 5.32 Å². The predicted molar refractivity (Wildman–Crippen MR) is 146 cm³/mol. The molecular formula is C27H18ClN3OS2. The highest BCUT2D eigenvalue weighted by Crippen LogP contribution is 2.35. The number of hydrogen-bond donors (Lipinski definition) is 2. The Kier molecular flexibility index (Phi) is 6.36. The Hall–Kier alpha value is -3.58. The van der Waals surface area contributed by atoms with Gasteiger partial charge in [-0.05, 0) is 65.8 Å². The molecule has 1 amide bonds. The molecule has 4 aromatic carbocycles. The third-order valence-electron chi connectivity index (χ3n) is 5.23. The molecule has 5 rings (SSSR count). The van der Waals surface area contributed by atoms with Crippen LogP contribution in [-0.4, -0.2) is 16.0 Å². The molecule has 34 heavy (non-hydrogen) atoms. The van der Waals surface area contributed by atoms with E-state index >= 15 is 0 Å². The quantitative estimate of drug-likeness (QED) is 0.253. The molecule has 0 saturated heterocycles. The van der Waals surface area contributed by atoms with E-state index in [2.05, 4.69) is 15.6 Å². The number of aromatic nitrogens is 1. The number of nitrogens with one attached hydrogen (secondary N) is 2. The van der Waals surface area contributed by atoms with Crippen molar-refractivity contribution in [2.45, 2.75) is 0 Å². The van der Waals surface area contributed by atoms with Crippen LogP contribution in [0.1, 0.15) is 10.4 Å². The third-order valence-corrected chi connectivity index (χ3v) is 6.82. The van der Waals surface area contributed by atoms with Gasteiger partial charge in [0, 0.05) is 16.8 Å². The molecule has 1 heterocycles. The minimum atomic E-state index is -0.283. The van der Waals surface area contributed by atoms with E-state index in [4.69, 9.17) is 23.8 Å². The molecule has 0 fully saturated rings. The number of anilines is 1. The molecule has 5 aromatic rings. The van der Waals surface area contributed by atoms with E-state index in [1.54, 1.807) is 29.5 Å². The van der Waals surface area contributed by atoms with Crippen molar-refractivity contribution >= 4 is 62.1 Å². The van der Waals surface area contributed by atoms with Crippen molar-refractivity contribution < 1.29 is 4.79 Å². The highest BCUT2D eigenvalue weighted by Gasteiger charge is 2.12. The number of fused-ring (bicyclic) bond motifs is 1. The van der Waals surface area contributed by atoms with E-state index in [1.165, 1.54) is 0 Å². The largest absolute Gasteiger partial charge is 0.332 e. The SMILES string of the molecule is O=C(NC(=S)Nc1ccc(-c2nc3ccccc3s2)c(Cl)c1)c1ccc(-c2ccccc2)cc1. The number of rotatable bonds is 4. The number of para-hydroxylation sites is 1. The van der Waals surface area contributed by atoms with Gasteiger partial charge in [-0.3, -0.25) is 10.1 Å². The van der Waals surface area contributed by atoms with Crippen LogP contribution in [0.15, 0.2) is 97.1 Å². The van der Waals surface area contributed by atoms with Gasteiger partial charge in [0.25, 0.3) is 5.91 Å². The summed E-state index contributed by atoms with van der Waals surface area (Å²) in [6.45, 7) is 0. The fraction of sp³-hybridized carbons (Fsp3) is 0. The van der Waals surface area contributed by atoms with Gasteiger partial charge in [-0.15, -0.1) is 11.3 Å². The molecule has 0 unspecified atom stereocenters. The monoisotopic (exact) mass is 499 g/mol. The van der Waals surface area contributed by atoms with Crippen molar-refractivity contribution in [2.24, 2.45) is 0 Å². The van der Waals surface area contributed by atoms with E-state index in [0.29, 0.717) is 16.3 Å². The summed E-state index contributed by atoms with van der Waals surface area (Å²) >= 11 is 13.5. The fourth-order valence-corrected chi connectivity index (χ4v) is 5.08. The van der Waals surface area contributed by atoms with Crippen molar-refractivity contribution in [3.05, 3.63) is 108 Å². The molecule has 0 radical (unpaired) electrons. The Morgan fingerprint density at radius 1 is 0.853 bits per heavy atom. The first-order valence-electron chi connectivity index (χ1n) is 10.5. The summed E-state index contributed by atoms with van der Waals surface area (Å²) < 4.78 is 1.11. The van der Waals surface area contributed by atoms with Gasteiger partial charge in [-0.2, -0.15) is 0 Å². The Bertz CT molecular complexity index is 1460. The molecule has 7 heteroatoms. The smallest absolute Gasteiger partial charge is 0.257 e. The first-order valence-corrected chi connectivity index (χ1v) is 12.1. The number of benzene rings is 4. The third kappa shape index (κ3) is 4.84. The molecule has 166 valence electrons. The Balaban J connectivity index is 1.24. The van der Waals surface area contributed by atoms with Crippen LogP contribution >= 0.6 is 35.2 Å². The molecule has 0 saturated carbocycles. The maximum absolute atomic E-state index is 12.6. The standard InChI is InChI=1S/C27H18ClN3OS2/c28-22-16-20(14-15-21(22)26-30-23-8-4-5-9-24(23)34-26)29-27(33)31-25(32)19-12-10-18(11-13-19)17-6-2-1-3-7-17/h1-16H,(H2,29,31,32,33). The van der Waals surface area contributed by atoms with Crippen LogP contribution in [0, 0.1) is 0 Å². The van der Waals surface area contributed by atoms with E-state index < -0.39 is 0 Å². The van der Waals surface area contributed by atoms with Gasteiger partial charge in [0.1, 0.15) is 5.01 Å². The summed E-state index contributed by atoms with van der Waals surface area (Å²) in [4.78, 5) is 17.3. The average Bonchev–Trinajstić information content (AvgIpc) is 3.28. The highest BCUT2D eigenvalue weighted by molar-refractivity contribution is 7.80. The van der Waals surface area contributed by atoms with Gasteiger partial charge in [-0.1, -0.05) is 66.2 Å². The molecule has 0 aliphatic carbocycles. The van der Waals surface area contributed by atoms with Crippen molar-refractivity contribution in [3.63, 3.8) is 0 Å². The zero-order valence-electron chi connectivity index (χ0n) is 17.8. The minimum absolute atomic E-state index is 0.195. The number of amides is 1. The molecule has 0 aliphatic heterocycles. The van der Waals surface area contributed by atoms with Crippen LogP contribution in [-0.2, 0) is 0 Å². The first kappa shape index (κ1) is 22.2. The molecule has 0 aliphatic rings. The van der Waals surface area contributed by atoms with Crippen LogP contribution < -0.4 is 10.6 Å².